The molecule has 0 radical (unpaired) electrons. The number of rotatable bonds is 9. The van der Waals surface area contributed by atoms with E-state index in [1.807, 2.05) is 18.5 Å². The first kappa shape index (κ1) is 24.6. The molecule has 0 atom stereocenters. The molecule has 2 saturated carbocycles. The molecular weight excluding hydrogens is 488 g/mol. The number of aromatic nitrogens is 5. The van der Waals surface area contributed by atoms with Crippen LogP contribution in [-0.2, 0) is 11.3 Å². The van der Waals surface area contributed by atoms with E-state index < -0.39 is 0 Å². The van der Waals surface area contributed by atoms with Crippen molar-refractivity contribution < 1.29 is 9.47 Å². The number of anilines is 2. The summed E-state index contributed by atoms with van der Waals surface area (Å²) in [4.78, 5) is 28.3. The Labute approximate surface area is 221 Å². The average Bonchev–Trinajstić information content (AvgIpc) is 3.35. The fraction of sp³-hybridized carbons (Fsp3) is 0.577. The van der Waals surface area contributed by atoms with Crippen LogP contribution in [0, 0.1) is 5.41 Å². The van der Waals surface area contributed by atoms with Crippen LogP contribution >= 0.6 is 11.3 Å². The van der Waals surface area contributed by atoms with Crippen molar-refractivity contribution in [1.29, 1.82) is 0 Å². The molecule has 3 fully saturated rings. The van der Waals surface area contributed by atoms with Gasteiger partial charge in [0.2, 0.25) is 5.95 Å². The summed E-state index contributed by atoms with van der Waals surface area (Å²) in [5.74, 6) is 0.540. The van der Waals surface area contributed by atoms with Gasteiger partial charge in [-0.3, -0.25) is 4.90 Å². The van der Waals surface area contributed by atoms with Crippen molar-refractivity contribution in [2.45, 2.75) is 51.4 Å². The number of nitrogens with one attached hydrogen (secondary N) is 1. The van der Waals surface area contributed by atoms with Gasteiger partial charge in [0.15, 0.2) is 5.13 Å². The fourth-order valence-corrected chi connectivity index (χ4v) is 6.43. The number of methoxy groups -OCH3 is 1. The molecule has 3 aromatic rings. The number of hydrogen-bond donors (Lipinski definition) is 1. The summed E-state index contributed by atoms with van der Waals surface area (Å²) in [6.07, 6.45) is 12.4. The number of thiazole rings is 1. The Bertz CT molecular complexity index is 1180. The van der Waals surface area contributed by atoms with Gasteiger partial charge in [0.05, 0.1) is 16.7 Å². The topological polar surface area (TPSA) is 101 Å². The van der Waals surface area contributed by atoms with Crippen LogP contribution < -0.4 is 10.1 Å². The highest BCUT2D eigenvalue weighted by Gasteiger charge is 2.54. The summed E-state index contributed by atoms with van der Waals surface area (Å²) in [6, 6.07) is 2.31. The van der Waals surface area contributed by atoms with Gasteiger partial charge in [-0.15, -0.1) is 0 Å². The molecule has 6 rings (SSSR count). The third-order valence-electron chi connectivity index (χ3n) is 7.88. The van der Waals surface area contributed by atoms with Crippen LogP contribution in [0.15, 0.2) is 30.9 Å². The molecule has 10 nitrogen and oxygen atoms in total. The third-order valence-corrected chi connectivity index (χ3v) is 8.82. The first-order valence-corrected chi connectivity index (χ1v) is 13.9. The van der Waals surface area contributed by atoms with Crippen molar-refractivity contribution >= 4 is 22.4 Å². The van der Waals surface area contributed by atoms with Crippen LogP contribution in [0.4, 0.5) is 11.1 Å². The lowest BCUT2D eigenvalue weighted by molar-refractivity contribution is -0.144. The third kappa shape index (κ3) is 5.59. The first-order valence-electron chi connectivity index (χ1n) is 13.1. The predicted molar refractivity (Wildman–Crippen MR) is 142 cm³/mol. The van der Waals surface area contributed by atoms with E-state index >= 15 is 0 Å². The maximum absolute atomic E-state index is 6.07. The lowest BCUT2D eigenvalue weighted by Gasteiger charge is -2.56. The van der Waals surface area contributed by atoms with Crippen LogP contribution in [0.1, 0.15) is 38.2 Å². The van der Waals surface area contributed by atoms with Gasteiger partial charge in [0.1, 0.15) is 6.10 Å². The van der Waals surface area contributed by atoms with E-state index in [-0.39, 0.29) is 6.10 Å². The van der Waals surface area contributed by atoms with Crippen molar-refractivity contribution in [3.8, 4) is 16.6 Å². The first-order chi connectivity index (χ1) is 18.1. The van der Waals surface area contributed by atoms with Crippen LogP contribution in [0.25, 0.3) is 10.6 Å². The van der Waals surface area contributed by atoms with Crippen LogP contribution in [0.2, 0.25) is 0 Å². The molecule has 4 heterocycles. The van der Waals surface area contributed by atoms with Gasteiger partial charge in [-0.2, -0.15) is 4.98 Å². The van der Waals surface area contributed by atoms with E-state index in [2.05, 4.69) is 47.0 Å². The summed E-state index contributed by atoms with van der Waals surface area (Å²) in [7, 11) is 1.80. The quantitative estimate of drug-likeness (QED) is 0.448. The largest absolute Gasteiger partial charge is 0.460 e. The highest BCUT2D eigenvalue weighted by atomic mass is 32.1. The van der Waals surface area contributed by atoms with E-state index in [4.69, 9.17) is 9.47 Å². The molecule has 0 amide bonds. The zero-order valence-electron chi connectivity index (χ0n) is 21.5. The monoisotopic (exact) mass is 522 g/mol. The molecule has 3 aliphatic rings. The van der Waals surface area contributed by atoms with Gasteiger partial charge in [0.25, 0.3) is 0 Å². The van der Waals surface area contributed by atoms with Crippen molar-refractivity contribution in [2.75, 3.05) is 45.2 Å². The predicted octanol–water partition coefficient (Wildman–Crippen LogP) is 3.61. The van der Waals surface area contributed by atoms with Gasteiger partial charge in [0, 0.05) is 70.2 Å². The van der Waals surface area contributed by atoms with E-state index in [1.165, 1.54) is 11.3 Å². The van der Waals surface area contributed by atoms with Gasteiger partial charge in [-0.05, 0) is 43.7 Å². The molecule has 196 valence electrons. The molecule has 3 aromatic heterocycles. The minimum absolute atomic E-state index is 0.188. The Kier molecular flexibility index (Phi) is 7.02. The highest BCUT2D eigenvalue weighted by Crippen LogP contribution is 2.57. The Morgan fingerprint density at radius 1 is 0.973 bits per heavy atom. The van der Waals surface area contributed by atoms with Crippen LogP contribution in [0.3, 0.4) is 0 Å². The second kappa shape index (κ2) is 10.6. The SMILES string of the molecule is CCN1CCN(Cc2cnc(Nc3ncc(-c4ccnc(OC5CC6(CC(OC)C6)C5)n4)s3)nc2)CC1. The minimum Gasteiger partial charge on any atom is -0.460 e. The molecule has 11 heteroatoms. The summed E-state index contributed by atoms with van der Waals surface area (Å²) in [5, 5.41) is 3.93. The number of likely N-dealkylation sites (N-methyl/N-ethyl adjacent to an activating group) is 1. The van der Waals surface area contributed by atoms with Crippen molar-refractivity contribution in [3.63, 3.8) is 0 Å². The van der Waals surface area contributed by atoms with Crippen molar-refractivity contribution in [3.05, 3.63) is 36.4 Å². The molecule has 1 aliphatic heterocycles. The molecule has 1 spiro atoms. The number of nitrogens with zero attached hydrogens (tertiary/aromatic N) is 7. The molecule has 0 bridgehead atoms. The standard InChI is InChI=1S/C26H34N8O2S/c1-3-33-6-8-34(9-7-33)17-18-14-28-23(29-15-18)32-25-30-16-22(37-25)21-4-5-27-24(31-21)36-20-12-26(13-20)10-19(11-26)35-2/h4-5,14-16,19-20H,3,6-13,17H2,1-2H3,(H,28,29,30,32). The minimum atomic E-state index is 0.188. The van der Waals surface area contributed by atoms with Crippen LogP contribution in [-0.4, -0.2) is 86.8 Å². The van der Waals surface area contributed by atoms with Gasteiger partial charge < -0.3 is 19.7 Å². The summed E-state index contributed by atoms with van der Waals surface area (Å²) in [6.45, 7) is 8.65. The maximum atomic E-state index is 6.07. The van der Waals surface area contributed by atoms with Crippen LogP contribution in [0.5, 0.6) is 6.01 Å². The molecule has 2 aliphatic carbocycles. The Hall–Kier alpha value is -2.73. The van der Waals surface area contributed by atoms with Crippen molar-refractivity contribution in [1.82, 2.24) is 34.7 Å². The number of ether oxygens (including phenoxy) is 2. The molecule has 37 heavy (non-hydrogen) atoms. The Morgan fingerprint density at radius 2 is 1.70 bits per heavy atom. The summed E-state index contributed by atoms with van der Waals surface area (Å²) in [5.41, 5.74) is 2.34. The van der Waals surface area contributed by atoms with E-state index in [0.717, 1.165) is 86.2 Å². The van der Waals surface area contributed by atoms with Gasteiger partial charge >= 0.3 is 6.01 Å². The molecule has 0 aromatic carbocycles. The summed E-state index contributed by atoms with van der Waals surface area (Å²) >= 11 is 1.50. The average molecular weight is 523 g/mol. The number of piperazine rings is 1. The van der Waals surface area contributed by atoms with E-state index in [9.17, 15) is 0 Å². The smallest absolute Gasteiger partial charge is 0.317 e. The summed E-state index contributed by atoms with van der Waals surface area (Å²) < 4.78 is 11.5. The molecule has 1 N–H and O–H groups in total. The second-order valence-corrected chi connectivity index (χ2v) is 11.4. The molecular formula is C26H34N8O2S. The van der Waals surface area contributed by atoms with Gasteiger partial charge in [-0.25, -0.2) is 19.9 Å². The lowest BCUT2D eigenvalue weighted by Crippen LogP contribution is -2.54. The highest BCUT2D eigenvalue weighted by molar-refractivity contribution is 7.18. The Balaban J connectivity index is 1.01. The fourth-order valence-electron chi connectivity index (χ4n) is 5.65. The second-order valence-electron chi connectivity index (χ2n) is 10.4. The zero-order valence-corrected chi connectivity index (χ0v) is 22.3. The number of hydrogen-bond acceptors (Lipinski definition) is 11. The van der Waals surface area contributed by atoms with Gasteiger partial charge in [-0.1, -0.05) is 18.3 Å². The Morgan fingerprint density at radius 3 is 2.43 bits per heavy atom. The zero-order chi connectivity index (χ0) is 25.2. The van der Waals surface area contributed by atoms with Crippen molar-refractivity contribution in [2.24, 2.45) is 5.41 Å². The lowest BCUT2D eigenvalue weighted by atomic mass is 9.53. The normalized spacial score (nSPS) is 26.0. The van der Waals surface area contributed by atoms with E-state index in [1.54, 1.807) is 19.5 Å². The maximum Gasteiger partial charge on any atom is 0.317 e. The van der Waals surface area contributed by atoms with E-state index in [0.29, 0.717) is 23.5 Å². The molecule has 0 unspecified atom stereocenters. The molecule has 1 saturated heterocycles.